The maximum Gasteiger partial charge on any atom is 0.305 e. The Morgan fingerprint density at radius 3 is 2.66 bits per heavy atom. The smallest absolute Gasteiger partial charge is 0.305 e. The van der Waals surface area contributed by atoms with Crippen molar-refractivity contribution in [2.75, 3.05) is 7.11 Å². The van der Waals surface area contributed by atoms with Crippen molar-refractivity contribution in [3.8, 4) is 0 Å². The minimum absolute atomic E-state index is 0.0148. The van der Waals surface area contributed by atoms with Crippen LogP contribution in [0, 0.1) is 0 Å². The van der Waals surface area contributed by atoms with Gasteiger partial charge >= 0.3 is 5.97 Å². The van der Waals surface area contributed by atoms with Crippen LogP contribution in [0.25, 0.3) is 0 Å². The lowest BCUT2D eigenvalue weighted by Crippen LogP contribution is -2.14. The summed E-state index contributed by atoms with van der Waals surface area (Å²) in [5.41, 5.74) is 3.29. The summed E-state index contributed by atoms with van der Waals surface area (Å²) in [6.07, 6.45) is 13.3. The molecule has 0 saturated carbocycles. The Balaban J connectivity index is 1.89. The number of carbonyl (C=O) groups is 1. The van der Waals surface area contributed by atoms with Crippen LogP contribution in [-0.4, -0.2) is 29.4 Å². The topological polar surface area (TPSA) is 66.8 Å². The number of methoxy groups -OCH3 is 1. The lowest BCUT2D eigenvalue weighted by Gasteiger charge is -2.20. The molecule has 1 aliphatic rings. The van der Waals surface area contributed by atoms with Gasteiger partial charge in [-0.1, -0.05) is 74.3 Å². The normalized spacial score (nSPS) is 20.1. The van der Waals surface area contributed by atoms with E-state index in [1.54, 1.807) is 0 Å². The van der Waals surface area contributed by atoms with Crippen LogP contribution in [0.3, 0.4) is 0 Å². The van der Waals surface area contributed by atoms with Crippen molar-refractivity contribution in [2.24, 2.45) is 0 Å². The molecule has 0 aliphatic heterocycles. The first-order valence-electron chi connectivity index (χ1n) is 10.9. The Morgan fingerprint density at radius 2 is 1.97 bits per heavy atom. The summed E-state index contributed by atoms with van der Waals surface area (Å²) >= 11 is 0. The van der Waals surface area contributed by atoms with E-state index in [9.17, 15) is 15.0 Å². The summed E-state index contributed by atoms with van der Waals surface area (Å²) in [5.74, 6) is -0.153. The number of esters is 1. The summed E-state index contributed by atoms with van der Waals surface area (Å²) in [6.45, 7) is 2.16. The molecule has 0 spiro atoms. The molecule has 1 unspecified atom stereocenters. The average molecular weight is 401 g/mol. The van der Waals surface area contributed by atoms with Crippen LogP contribution >= 0.6 is 0 Å². The molecule has 1 aliphatic carbocycles. The highest BCUT2D eigenvalue weighted by atomic mass is 16.5. The molecule has 160 valence electrons. The van der Waals surface area contributed by atoms with Gasteiger partial charge < -0.3 is 14.9 Å². The quantitative estimate of drug-likeness (QED) is 0.281. The number of rotatable bonds is 12. The van der Waals surface area contributed by atoms with E-state index in [0.29, 0.717) is 12.8 Å². The zero-order valence-electron chi connectivity index (χ0n) is 17.8. The molecule has 3 atom stereocenters. The molecule has 0 amide bonds. The molecule has 0 radical (unpaired) electrons. The van der Waals surface area contributed by atoms with Crippen molar-refractivity contribution in [1.82, 2.24) is 0 Å². The highest BCUT2D eigenvalue weighted by Gasteiger charge is 2.28. The van der Waals surface area contributed by atoms with Crippen molar-refractivity contribution >= 4 is 5.97 Å². The Kier molecular flexibility index (Phi) is 10.2. The molecule has 1 aromatic rings. The molecule has 2 rings (SSSR count). The zero-order valence-corrected chi connectivity index (χ0v) is 17.8. The monoisotopic (exact) mass is 400 g/mol. The predicted octanol–water partition coefficient (Wildman–Crippen LogP) is 5.36. The highest BCUT2D eigenvalue weighted by Crippen LogP contribution is 2.38. The molecular formula is C25H36O4. The van der Waals surface area contributed by atoms with Gasteiger partial charge in [0.2, 0.25) is 0 Å². The first kappa shape index (κ1) is 23.4. The van der Waals surface area contributed by atoms with E-state index in [2.05, 4.69) is 29.9 Å². The van der Waals surface area contributed by atoms with E-state index in [1.807, 2.05) is 24.3 Å². The molecular weight excluding hydrogens is 364 g/mol. The second-order valence-corrected chi connectivity index (χ2v) is 7.88. The molecule has 4 nitrogen and oxygen atoms in total. The molecule has 0 saturated heterocycles. The largest absolute Gasteiger partial charge is 0.469 e. The van der Waals surface area contributed by atoms with E-state index in [-0.39, 0.29) is 11.9 Å². The summed E-state index contributed by atoms with van der Waals surface area (Å²) in [4.78, 5) is 11.1. The first-order chi connectivity index (χ1) is 14.1. The average Bonchev–Trinajstić information content (AvgIpc) is 3.10. The summed E-state index contributed by atoms with van der Waals surface area (Å²) in [6, 6.07) is 8.09. The third-order valence-corrected chi connectivity index (χ3v) is 5.67. The van der Waals surface area contributed by atoms with Gasteiger partial charge in [0.05, 0.1) is 19.3 Å². The van der Waals surface area contributed by atoms with Gasteiger partial charge in [-0.2, -0.15) is 0 Å². The zero-order chi connectivity index (χ0) is 21.1. The summed E-state index contributed by atoms with van der Waals surface area (Å²) in [5, 5.41) is 20.8. The minimum atomic E-state index is -0.410. The molecule has 1 aromatic carbocycles. The van der Waals surface area contributed by atoms with Crippen LogP contribution in [0.5, 0.6) is 0 Å². The number of carbonyl (C=O) groups excluding carboxylic acids is 1. The van der Waals surface area contributed by atoms with E-state index < -0.39 is 12.2 Å². The SMILES string of the molecule is CCCCCC(O)c1ccc([C@H]2C(CC=CCCCC(=O)OC)=CC[C@H]2O)cc1. The number of allylic oxidation sites excluding steroid dienone is 2. The second-order valence-electron chi connectivity index (χ2n) is 7.88. The van der Waals surface area contributed by atoms with Crippen LogP contribution in [-0.2, 0) is 9.53 Å². The van der Waals surface area contributed by atoms with Crippen molar-refractivity contribution < 1.29 is 19.7 Å². The third kappa shape index (κ3) is 7.45. The summed E-state index contributed by atoms with van der Waals surface area (Å²) in [7, 11) is 1.41. The van der Waals surface area contributed by atoms with E-state index in [4.69, 9.17) is 0 Å². The van der Waals surface area contributed by atoms with Crippen LogP contribution < -0.4 is 0 Å². The number of unbranched alkanes of at least 4 members (excludes halogenated alkanes) is 3. The van der Waals surface area contributed by atoms with Gasteiger partial charge in [-0.3, -0.25) is 4.79 Å². The number of ether oxygens (including phenoxy) is 1. The third-order valence-electron chi connectivity index (χ3n) is 5.67. The van der Waals surface area contributed by atoms with Crippen molar-refractivity contribution in [3.05, 3.63) is 59.2 Å². The van der Waals surface area contributed by atoms with Crippen LogP contribution in [0.2, 0.25) is 0 Å². The van der Waals surface area contributed by atoms with Gasteiger partial charge in [0.1, 0.15) is 0 Å². The summed E-state index contributed by atoms with van der Waals surface area (Å²) < 4.78 is 4.64. The van der Waals surface area contributed by atoms with Crippen molar-refractivity contribution in [3.63, 3.8) is 0 Å². The van der Waals surface area contributed by atoms with Crippen LogP contribution in [0.1, 0.15) is 87.9 Å². The van der Waals surface area contributed by atoms with Gasteiger partial charge in [0, 0.05) is 12.3 Å². The van der Waals surface area contributed by atoms with E-state index in [0.717, 1.165) is 56.1 Å². The Hall–Kier alpha value is -1.91. The van der Waals surface area contributed by atoms with Crippen LogP contribution in [0.15, 0.2) is 48.1 Å². The fraction of sp³-hybridized carbons (Fsp3) is 0.560. The maximum absolute atomic E-state index is 11.1. The lowest BCUT2D eigenvalue weighted by atomic mass is 9.88. The molecule has 2 N–H and O–H groups in total. The molecule has 29 heavy (non-hydrogen) atoms. The first-order valence-corrected chi connectivity index (χ1v) is 10.9. The minimum Gasteiger partial charge on any atom is -0.469 e. The molecule has 0 aromatic heterocycles. The van der Waals surface area contributed by atoms with Crippen LogP contribution in [0.4, 0.5) is 0 Å². The number of hydrogen-bond donors (Lipinski definition) is 2. The predicted molar refractivity (Wildman–Crippen MR) is 117 cm³/mol. The second kappa shape index (κ2) is 12.6. The lowest BCUT2D eigenvalue weighted by molar-refractivity contribution is -0.140. The standard InChI is InChI=1S/C25H36O4/c1-3-4-7-11-22(26)19-13-15-21(16-14-19)25-20(17-18-23(25)27)10-8-5-6-9-12-24(28)29-2/h5,8,13-17,22-23,25-27H,3-4,6-7,9-12,18H2,1-2H3/t22?,23-,25-/m1/s1. The van der Waals surface area contributed by atoms with Crippen molar-refractivity contribution in [2.45, 2.75) is 82.8 Å². The molecule has 4 heteroatoms. The van der Waals surface area contributed by atoms with Gasteiger partial charge in [0.15, 0.2) is 0 Å². The van der Waals surface area contributed by atoms with Gasteiger partial charge in [-0.25, -0.2) is 0 Å². The van der Waals surface area contributed by atoms with E-state index >= 15 is 0 Å². The number of aliphatic hydroxyl groups excluding tert-OH is 2. The Bertz CT molecular complexity index is 675. The number of aliphatic hydroxyl groups is 2. The van der Waals surface area contributed by atoms with Gasteiger partial charge in [-0.15, -0.1) is 0 Å². The van der Waals surface area contributed by atoms with E-state index in [1.165, 1.54) is 12.7 Å². The Labute approximate surface area is 175 Å². The molecule has 0 bridgehead atoms. The fourth-order valence-corrected chi connectivity index (χ4v) is 3.91. The fourth-order valence-electron chi connectivity index (χ4n) is 3.91. The Morgan fingerprint density at radius 1 is 1.21 bits per heavy atom. The van der Waals surface area contributed by atoms with Gasteiger partial charge in [0.25, 0.3) is 0 Å². The highest BCUT2D eigenvalue weighted by molar-refractivity contribution is 5.69. The van der Waals surface area contributed by atoms with Crippen molar-refractivity contribution in [1.29, 1.82) is 0 Å². The maximum atomic E-state index is 11.1. The molecule has 0 fully saturated rings. The van der Waals surface area contributed by atoms with Gasteiger partial charge in [-0.05, 0) is 43.2 Å². The molecule has 0 heterocycles. The number of benzene rings is 1. The number of hydrogen-bond acceptors (Lipinski definition) is 4.